The molecule has 4 aromatic rings. The number of halogens is 2. The fourth-order valence-electron chi connectivity index (χ4n) is 3.41. The zero-order valence-electron chi connectivity index (χ0n) is 16.5. The number of rotatable bonds is 6. The summed E-state index contributed by atoms with van der Waals surface area (Å²) < 4.78 is 30.1. The molecule has 0 bridgehead atoms. The van der Waals surface area contributed by atoms with Gasteiger partial charge in [-0.1, -0.05) is 25.0 Å². The summed E-state index contributed by atoms with van der Waals surface area (Å²) in [6.45, 7) is 1.60. The highest BCUT2D eigenvalue weighted by atomic mass is 32.1. The molecule has 0 amide bonds. The summed E-state index contributed by atoms with van der Waals surface area (Å²) in [7, 11) is 0. The lowest BCUT2D eigenvalue weighted by Gasteiger charge is -2.33. The fraction of sp³-hybridized carbons (Fsp3) is 0.174. The van der Waals surface area contributed by atoms with Crippen molar-refractivity contribution in [1.82, 2.24) is 19.7 Å². The smallest absolute Gasteiger partial charge is 0.137 e. The third kappa shape index (κ3) is 4.10. The standard InChI is InChI=1S/C23H18F2N4OS/c1-3-16-4-6-17(7-5-16)21-11-31-22(28-21)15(2)23(30,12-29-14-26-13-27-29)19-10-18(24)8-9-20(19)25/h1,4-11,13-15,30H,12H2,2H3/t15-,23+/m0/s1. The molecular formula is C23H18F2N4OS. The summed E-state index contributed by atoms with van der Waals surface area (Å²) in [5.74, 6) is 0.543. The molecule has 0 unspecified atom stereocenters. The van der Waals surface area contributed by atoms with Crippen LogP contribution >= 0.6 is 11.3 Å². The Hall–Kier alpha value is -3.41. The van der Waals surface area contributed by atoms with E-state index in [0.717, 1.165) is 29.3 Å². The predicted octanol–water partition coefficient (Wildman–Crippen LogP) is 4.35. The van der Waals surface area contributed by atoms with E-state index in [1.54, 1.807) is 6.92 Å². The van der Waals surface area contributed by atoms with E-state index in [4.69, 9.17) is 6.42 Å². The van der Waals surface area contributed by atoms with Gasteiger partial charge in [-0.05, 0) is 30.3 Å². The van der Waals surface area contributed by atoms with Crippen LogP contribution in [0.3, 0.4) is 0 Å². The number of thiazole rings is 1. The molecule has 5 nitrogen and oxygen atoms in total. The molecule has 156 valence electrons. The third-order valence-electron chi connectivity index (χ3n) is 5.22. The van der Waals surface area contributed by atoms with Crippen LogP contribution in [0.4, 0.5) is 8.78 Å². The maximum Gasteiger partial charge on any atom is 0.137 e. The van der Waals surface area contributed by atoms with Gasteiger partial charge >= 0.3 is 0 Å². The van der Waals surface area contributed by atoms with Gasteiger partial charge in [0.2, 0.25) is 0 Å². The number of nitrogens with zero attached hydrogens (tertiary/aromatic N) is 4. The van der Waals surface area contributed by atoms with Crippen molar-refractivity contribution in [2.45, 2.75) is 25.0 Å². The van der Waals surface area contributed by atoms with Crippen molar-refractivity contribution in [3.8, 4) is 23.6 Å². The summed E-state index contributed by atoms with van der Waals surface area (Å²) in [5, 5.41) is 18.1. The predicted molar refractivity (Wildman–Crippen MR) is 114 cm³/mol. The molecule has 31 heavy (non-hydrogen) atoms. The van der Waals surface area contributed by atoms with Crippen LogP contribution in [-0.2, 0) is 12.1 Å². The van der Waals surface area contributed by atoms with E-state index < -0.39 is 23.2 Å². The van der Waals surface area contributed by atoms with Crippen molar-refractivity contribution < 1.29 is 13.9 Å². The summed E-state index contributed by atoms with van der Waals surface area (Å²) >= 11 is 1.33. The molecule has 0 aliphatic heterocycles. The van der Waals surface area contributed by atoms with Gasteiger partial charge < -0.3 is 5.11 Å². The molecule has 2 heterocycles. The van der Waals surface area contributed by atoms with Gasteiger partial charge in [0.05, 0.1) is 17.2 Å². The van der Waals surface area contributed by atoms with Gasteiger partial charge in [0.1, 0.15) is 29.9 Å². The molecule has 0 saturated carbocycles. The van der Waals surface area contributed by atoms with Gasteiger partial charge in [-0.3, -0.25) is 0 Å². The number of hydrogen-bond acceptors (Lipinski definition) is 5. The Morgan fingerprint density at radius 2 is 2.00 bits per heavy atom. The highest BCUT2D eigenvalue weighted by Crippen LogP contribution is 2.41. The molecule has 0 spiro atoms. The average Bonchev–Trinajstić information content (AvgIpc) is 3.47. The second-order valence-electron chi connectivity index (χ2n) is 7.16. The molecule has 0 fully saturated rings. The lowest BCUT2D eigenvalue weighted by Crippen LogP contribution is -2.38. The SMILES string of the molecule is C#Cc1ccc(-c2csc([C@H](C)[C@](O)(Cn3cncn3)c3cc(F)ccc3F)n2)cc1. The molecule has 2 aromatic carbocycles. The first-order valence-corrected chi connectivity index (χ1v) is 10.3. The normalized spacial score (nSPS) is 14.0. The molecule has 8 heteroatoms. The monoisotopic (exact) mass is 436 g/mol. The highest BCUT2D eigenvalue weighted by molar-refractivity contribution is 7.10. The van der Waals surface area contributed by atoms with Crippen molar-refractivity contribution in [3.63, 3.8) is 0 Å². The lowest BCUT2D eigenvalue weighted by atomic mass is 9.82. The summed E-state index contributed by atoms with van der Waals surface area (Å²) in [6.07, 6.45) is 8.13. The molecule has 1 N–H and O–H groups in total. The number of aromatic nitrogens is 4. The Balaban J connectivity index is 1.74. The molecule has 2 atom stereocenters. The quantitative estimate of drug-likeness (QED) is 0.457. The second kappa shape index (κ2) is 8.38. The molecular weight excluding hydrogens is 418 g/mol. The Kier molecular flexibility index (Phi) is 5.63. The number of benzene rings is 2. The van der Waals surface area contributed by atoms with Crippen molar-refractivity contribution in [2.24, 2.45) is 0 Å². The van der Waals surface area contributed by atoms with Gasteiger partial charge in [0, 0.05) is 28.0 Å². The van der Waals surface area contributed by atoms with Crippen LogP contribution in [0.5, 0.6) is 0 Å². The van der Waals surface area contributed by atoms with Crippen LogP contribution in [-0.4, -0.2) is 24.9 Å². The van der Waals surface area contributed by atoms with E-state index in [0.29, 0.717) is 10.7 Å². The van der Waals surface area contributed by atoms with E-state index in [9.17, 15) is 13.9 Å². The van der Waals surface area contributed by atoms with Gasteiger partial charge in [0.15, 0.2) is 0 Å². The van der Waals surface area contributed by atoms with Crippen LogP contribution in [0.2, 0.25) is 0 Å². The Morgan fingerprint density at radius 1 is 1.23 bits per heavy atom. The van der Waals surface area contributed by atoms with E-state index in [1.807, 2.05) is 29.6 Å². The van der Waals surface area contributed by atoms with Gasteiger partial charge in [0.25, 0.3) is 0 Å². The molecule has 0 aliphatic rings. The van der Waals surface area contributed by atoms with Gasteiger partial charge in [-0.2, -0.15) is 5.10 Å². The van der Waals surface area contributed by atoms with Crippen LogP contribution in [0.15, 0.2) is 60.5 Å². The van der Waals surface area contributed by atoms with Crippen molar-refractivity contribution in [3.05, 3.63) is 88.3 Å². The second-order valence-corrected chi connectivity index (χ2v) is 8.05. The number of hydrogen-bond donors (Lipinski definition) is 1. The maximum atomic E-state index is 14.7. The first kappa shape index (κ1) is 20.8. The lowest BCUT2D eigenvalue weighted by molar-refractivity contribution is -0.0114. The van der Waals surface area contributed by atoms with E-state index in [-0.39, 0.29) is 12.1 Å². The molecule has 0 radical (unpaired) electrons. The fourth-order valence-corrected chi connectivity index (χ4v) is 4.38. The van der Waals surface area contributed by atoms with E-state index in [1.165, 1.54) is 28.7 Å². The van der Waals surface area contributed by atoms with Crippen molar-refractivity contribution in [2.75, 3.05) is 0 Å². The minimum atomic E-state index is -1.82. The minimum absolute atomic E-state index is 0.125. The van der Waals surface area contributed by atoms with Crippen LogP contribution < -0.4 is 0 Å². The van der Waals surface area contributed by atoms with Crippen molar-refractivity contribution in [1.29, 1.82) is 0 Å². The topological polar surface area (TPSA) is 63.8 Å². The van der Waals surface area contributed by atoms with E-state index in [2.05, 4.69) is 21.0 Å². The van der Waals surface area contributed by atoms with E-state index >= 15 is 0 Å². The third-order valence-corrected chi connectivity index (χ3v) is 6.25. The van der Waals surface area contributed by atoms with Crippen LogP contribution in [0, 0.1) is 24.0 Å². The zero-order chi connectivity index (χ0) is 22.0. The Labute approximate surface area is 182 Å². The summed E-state index contributed by atoms with van der Waals surface area (Å²) in [6, 6.07) is 10.4. The molecule has 0 saturated heterocycles. The largest absolute Gasteiger partial charge is 0.382 e. The minimum Gasteiger partial charge on any atom is -0.382 e. The maximum absolute atomic E-state index is 14.7. The van der Waals surface area contributed by atoms with Crippen molar-refractivity contribution >= 4 is 11.3 Å². The van der Waals surface area contributed by atoms with Gasteiger partial charge in [-0.15, -0.1) is 17.8 Å². The molecule has 2 aromatic heterocycles. The number of terminal acetylenes is 1. The van der Waals surface area contributed by atoms with Crippen LogP contribution in [0.25, 0.3) is 11.3 Å². The highest BCUT2D eigenvalue weighted by Gasteiger charge is 2.41. The Bertz CT molecular complexity index is 1230. The number of aliphatic hydroxyl groups is 1. The molecule has 4 rings (SSSR count). The Morgan fingerprint density at radius 3 is 2.68 bits per heavy atom. The summed E-state index contributed by atoms with van der Waals surface area (Å²) in [5.41, 5.74) is 0.355. The average molecular weight is 436 g/mol. The summed E-state index contributed by atoms with van der Waals surface area (Å²) in [4.78, 5) is 8.53. The van der Waals surface area contributed by atoms with Gasteiger partial charge in [-0.25, -0.2) is 23.4 Å². The first-order valence-electron chi connectivity index (χ1n) is 9.43. The molecule has 0 aliphatic carbocycles. The zero-order valence-corrected chi connectivity index (χ0v) is 17.4. The first-order chi connectivity index (χ1) is 14.9. The van der Waals surface area contributed by atoms with Crippen LogP contribution in [0.1, 0.15) is 29.0 Å².